The molecule has 1 aromatic heterocycles. The molecule has 1 atom stereocenters. The van der Waals surface area contributed by atoms with Gasteiger partial charge in [0.1, 0.15) is 11.3 Å². The molecule has 1 saturated heterocycles. The average Bonchev–Trinajstić information content (AvgIpc) is 2.79. The maximum absolute atomic E-state index is 14.1. The first-order chi connectivity index (χ1) is 10.0. The van der Waals surface area contributed by atoms with Gasteiger partial charge in [-0.15, -0.1) is 0 Å². The van der Waals surface area contributed by atoms with Crippen LogP contribution in [0.5, 0.6) is 0 Å². The molecule has 1 aliphatic heterocycles. The Bertz CT molecular complexity index is 645. The van der Waals surface area contributed by atoms with Crippen LogP contribution in [0, 0.1) is 11.2 Å². The minimum Gasteiger partial charge on any atom is -0.327 e. The van der Waals surface area contributed by atoms with Crippen LogP contribution in [0.15, 0.2) is 18.2 Å². The van der Waals surface area contributed by atoms with Crippen molar-refractivity contribution in [3.8, 4) is 0 Å². The van der Waals surface area contributed by atoms with Crippen molar-refractivity contribution in [3.05, 3.63) is 29.8 Å². The van der Waals surface area contributed by atoms with E-state index in [1.54, 1.807) is 6.07 Å². The summed E-state index contributed by atoms with van der Waals surface area (Å²) >= 11 is 0. The highest BCUT2D eigenvalue weighted by Gasteiger charge is 2.36. The summed E-state index contributed by atoms with van der Waals surface area (Å²) in [6.45, 7) is 8.58. The molecule has 3 rings (SSSR count). The number of nitrogens with zero attached hydrogens (tertiary/aromatic N) is 2. The van der Waals surface area contributed by atoms with Gasteiger partial charge < -0.3 is 9.88 Å². The monoisotopic (exact) mass is 289 g/mol. The lowest BCUT2D eigenvalue weighted by atomic mass is 9.77. The Morgan fingerprint density at radius 3 is 2.95 bits per heavy atom. The zero-order chi connectivity index (χ0) is 15.0. The number of para-hydroxylation sites is 1. The molecule has 1 aliphatic rings. The molecule has 0 amide bonds. The highest BCUT2D eigenvalue weighted by Crippen LogP contribution is 2.40. The van der Waals surface area contributed by atoms with Crippen molar-refractivity contribution in [1.82, 2.24) is 14.9 Å². The van der Waals surface area contributed by atoms with Crippen LogP contribution in [0.2, 0.25) is 0 Å². The minimum absolute atomic E-state index is 0.140. The van der Waals surface area contributed by atoms with Crippen LogP contribution in [0.1, 0.15) is 51.9 Å². The Labute approximate surface area is 125 Å². The molecular formula is C17H24FN3. The van der Waals surface area contributed by atoms with E-state index < -0.39 is 0 Å². The molecule has 1 unspecified atom stereocenters. The Morgan fingerprint density at radius 1 is 1.43 bits per heavy atom. The number of imidazole rings is 1. The van der Waals surface area contributed by atoms with Gasteiger partial charge in [0.2, 0.25) is 0 Å². The smallest absolute Gasteiger partial charge is 0.151 e. The first kappa shape index (κ1) is 14.5. The second-order valence-electron chi connectivity index (χ2n) is 6.71. The Balaban J connectivity index is 2.16. The predicted molar refractivity (Wildman–Crippen MR) is 83.7 cm³/mol. The van der Waals surface area contributed by atoms with Crippen molar-refractivity contribution in [2.45, 2.75) is 52.6 Å². The standard InChI is InChI=1S/C17H24FN3/c1-4-11-21-13-8-5-7-12(18)14(13)20-16(21)15-17(2,3)9-6-10-19-15/h5,7-8,15,19H,4,6,9-11H2,1-3H3. The number of fused-ring (bicyclic) bond motifs is 1. The zero-order valence-electron chi connectivity index (χ0n) is 13.1. The summed E-state index contributed by atoms with van der Waals surface area (Å²) in [6.07, 6.45) is 3.37. The van der Waals surface area contributed by atoms with Crippen molar-refractivity contribution >= 4 is 11.0 Å². The largest absolute Gasteiger partial charge is 0.327 e. The van der Waals surface area contributed by atoms with Crippen LogP contribution >= 0.6 is 0 Å². The molecule has 2 aromatic rings. The average molecular weight is 289 g/mol. The van der Waals surface area contributed by atoms with Gasteiger partial charge in [-0.2, -0.15) is 0 Å². The van der Waals surface area contributed by atoms with E-state index in [2.05, 4.69) is 35.6 Å². The van der Waals surface area contributed by atoms with Crippen LogP contribution in [0.25, 0.3) is 11.0 Å². The van der Waals surface area contributed by atoms with E-state index in [9.17, 15) is 4.39 Å². The summed E-state index contributed by atoms with van der Waals surface area (Å²) in [4.78, 5) is 4.68. The molecule has 114 valence electrons. The quantitative estimate of drug-likeness (QED) is 0.924. The molecule has 1 fully saturated rings. The summed E-state index contributed by atoms with van der Waals surface area (Å²) in [7, 11) is 0. The number of piperidine rings is 1. The molecule has 3 nitrogen and oxygen atoms in total. The third kappa shape index (κ3) is 2.46. The van der Waals surface area contributed by atoms with Crippen LogP contribution in [-0.4, -0.2) is 16.1 Å². The molecule has 21 heavy (non-hydrogen) atoms. The third-order valence-electron chi connectivity index (χ3n) is 4.59. The SMILES string of the molecule is CCCn1c(C2NCCCC2(C)C)nc2c(F)cccc21. The van der Waals surface area contributed by atoms with Gasteiger partial charge >= 0.3 is 0 Å². The Hall–Kier alpha value is -1.42. The van der Waals surface area contributed by atoms with Crippen LogP contribution in [0.4, 0.5) is 4.39 Å². The van der Waals surface area contributed by atoms with Crippen LogP contribution in [0.3, 0.4) is 0 Å². The zero-order valence-corrected chi connectivity index (χ0v) is 13.1. The molecule has 1 aromatic carbocycles. The lowest BCUT2D eigenvalue weighted by molar-refractivity contribution is 0.171. The lowest BCUT2D eigenvalue weighted by Crippen LogP contribution is -2.41. The number of hydrogen-bond donors (Lipinski definition) is 1. The van der Waals surface area contributed by atoms with Gasteiger partial charge in [0.05, 0.1) is 11.6 Å². The predicted octanol–water partition coefficient (Wildman–Crippen LogP) is 4.04. The van der Waals surface area contributed by atoms with Crippen molar-refractivity contribution < 1.29 is 4.39 Å². The number of hydrogen-bond acceptors (Lipinski definition) is 2. The van der Waals surface area contributed by atoms with Crippen molar-refractivity contribution in [2.24, 2.45) is 5.41 Å². The maximum atomic E-state index is 14.1. The fourth-order valence-corrected chi connectivity index (χ4v) is 3.46. The first-order valence-electron chi connectivity index (χ1n) is 7.92. The molecule has 0 spiro atoms. The molecule has 0 aliphatic carbocycles. The first-order valence-corrected chi connectivity index (χ1v) is 7.92. The lowest BCUT2D eigenvalue weighted by Gasteiger charge is -2.39. The van der Waals surface area contributed by atoms with E-state index in [1.807, 2.05) is 6.07 Å². The topological polar surface area (TPSA) is 29.9 Å². The number of nitrogens with one attached hydrogen (secondary N) is 1. The molecule has 0 bridgehead atoms. The van der Waals surface area contributed by atoms with Gasteiger partial charge in [-0.1, -0.05) is 26.8 Å². The van der Waals surface area contributed by atoms with E-state index in [0.717, 1.165) is 30.9 Å². The van der Waals surface area contributed by atoms with Crippen molar-refractivity contribution in [3.63, 3.8) is 0 Å². The summed E-state index contributed by atoms with van der Waals surface area (Å²) in [5.74, 6) is 0.763. The maximum Gasteiger partial charge on any atom is 0.151 e. The van der Waals surface area contributed by atoms with Gasteiger partial charge in [-0.05, 0) is 43.4 Å². The molecule has 2 heterocycles. The molecule has 4 heteroatoms. The molecule has 0 saturated carbocycles. The third-order valence-corrected chi connectivity index (χ3v) is 4.59. The second kappa shape index (κ2) is 5.41. The van der Waals surface area contributed by atoms with Gasteiger partial charge in [0.25, 0.3) is 0 Å². The van der Waals surface area contributed by atoms with Crippen LogP contribution in [-0.2, 0) is 6.54 Å². The molecule has 0 radical (unpaired) electrons. The Kier molecular flexibility index (Phi) is 3.74. The summed E-state index contributed by atoms with van der Waals surface area (Å²) in [6, 6.07) is 5.42. The van der Waals surface area contributed by atoms with E-state index in [1.165, 1.54) is 18.9 Å². The number of aromatic nitrogens is 2. The van der Waals surface area contributed by atoms with Gasteiger partial charge in [-0.3, -0.25) is 0 Å². The van der Waals surface area contributed by atoms with E-state index in [0.29, 0.717) is 5.52 Å². The van der Waals surface area contributed by atoms with Crippen molar-refractivity contribution in [2.75, 3.05) is 6.54 Å². The summed E-state index contributed by atoms with van der Waals surface area (Å²) in [5.41, 5.74) is 1.56. The van der Waals surface area contributed by atoms with Crippen LogP contribution < -0.4 is 5.32 Å². The fourth-order valence-electron chi connectivity index (χ4n) is 3.46. The summed E-state index contributed by atoms with van der Waals surface area (Å²) < 4.78 is 16.3. The number of rotatable bonds is 3. The van der Waals surface area contributed by atoms with E-state index in [-0.39, 0.29) is 17.3 Å². The van der Waals surface area contributed by atoms with Crippen molar-refractivity contribution in [1.29, 1.82) is 0 Å². The van der Waals surface area contributed by atoms with Gasteiger partial charge in [0, 0.05) is 6.54 Å². The number of aryl methyl sites for hydroxylation is 1. The van der Waals surface area contributed by atoms with E-state index in [4.69, 9.17) is 0 Å². The van der Waals surface area contributed by atoms with Gasteiger partial charge in [0.15, 0.2) is 5.82 Å². The van der Waals surface area contributed by atoms with Gasteiger partial charge in [-0.25, -0.2) is 9.37 Å². The second-order valence-corrected chi connectivity index (χ2v) is 6.71. The number of halogens is 1. The molecular weight excluding hydrogens is 265 g/mol. The summed E-state index contributed by atoms with van der Waals surface area (Å²) in [5, 5.41) is 3.60. The normalized spacial score (nSPS) is 21.8. The minimum atomic E-state index is -0.225. The number of benzene rings is 1. The molecule has 1 N–H and O–H groups in total. The fraction of sp³-hybridized carbons (Fsp3) is 0.588. The highest BCUT2D eigenvalue weighted by atomic mass is 19.1. The van der Waals surface area contributed by atoms with E-state index >= 15 is 0 Å². The Morgan fingerprint density at radius 2 is 2.24 bits per heavy atom. The highest BCUT2D eigenvalue weighted by molar-refractivity contribution is 5.76.